The lowest BCUT2D eigenvalue weighted by molar-refractivity contribution is 0.170. The molecule has 1 heterocycles. The number of benzene rings is 1. The number of nitrogens with one attached hydrogen (secondary N) is 2. The highest BCUT2D eigenvalue weighted by Crippen LogP contribution is 2.36. The van der Waals surface area contributed by atoms with E-state index in [1.807, 2.05) is 19.1 Å². The minimum Gasteiger partial charge on any atom is -0.496 e. The highest BCUT2D eigenvalue weighted by molar-refractivity contribution is 7.90. The smallest absolute Gasteiger partial charge is 0.214 e. The fourth-order valence-corrected chi connectivity index (χ4v) is 4.01. The van der Waals surface area contributed by atoms with Gasteiger partial charge in [0.1, 0.15) is 19.0 Å². The molecule has 0 aromatic heterocycles. The van der Waals surface area contributed by atoms with Crippen LogP contribution in [0.15, 0.2) is 12.1 Å². The van der Waals surface area contributed by atoms with Crippen LogP contribution in [0, 0.1) is 0 Å². The number of sulfonamides is 1. The van der Waals surface area contributed by atoms with Crippen molar-refractivity contribution < 1.29 is 22.6 Å². The van der Waals surface area contributed by atoms with Crippen LogP contribution < -0.4 is 24.2 Å². The van der Waals surface area contributed by atoms with Crippen LogP contribution in [0.2, 0.25) is 0 Å². The molecule has 1 aromatic rings. The highest BCUT2D eigenvalue weighted by atomic mass is 32.2. The van der Waals surface area contributed by atoms with Crippen molar-refractivity contribution in [1.82, 2.24) is 10.0 Å². The monoisotopic (exact) mass is 356 g/mol. The van der Waals surface area contributed by atoms with Crippen molar-refractivity contribution in [3.8, 4) is 17.2 Å². The lowest BCUT2D eigenvalue weighted by atomic mass is 10.1. The Hall–Kier alpha value is -1.51. The molecule has 2 aliphatic rings. The Labute approximate surface area is 142 Å². The van der Waals surface area contributed by atoms with E-state index >= 15 is 0 Å². The summed E-state index contributed by atoms with van der Waals surface area (Å²) in [6, 6.07) is 3.73. The SMILES string of the molecule is COc1cc2c(cc1CNC(C)CNS(=O)(=O)C1CC1)OCCO2. The summed E-state index contributed by atoms with van der Waals surface area (Å²) >= 11 is 0. The number of ether oxygens (including phenoxy) is 3. The first-order chi connectivity index (χ1) is 11.5. The van der Waals surface area contributed by atoms with Gasteiger partial charge >= 0.3 is 0 Å². The van der Waals surface area contributed by atoms with Gasteiger partial charge in [-0.25, -0.2) is 13.1 Å². The highest BCUT2D eigenvalue weighted by Gasteiger charge is 2.35. The lowest BCUT2D eigenvalue weighted by Gasteiger charge is -2.21. The molecule has 0 amide bonds. The Morgan fingerprint density at radius 3 is 2.54 bits per heavy atom. The molecule has 134 valence electrons. The van der Waals surface area contributed by atoms with Crippen molar-refractivity contribution >= 4 is 10.0 Å². The van der Waals surface area contributed by atoms with E-state index in [9.17, 15) is 8.42 Å². The second-order valence-electron chi connectivity index (χ2n) is 6.18. The van der Waals surface area contributed by atoms with Crippen molar-refractivity contribution in [2.45, 2.75) is 37.6 Å². The molecule has 1 fully saturated rings. The Balaban J connectivity index is 1.57. The molecule has 2 N–H and O–H groups in total. The molecule has 1 atom stereocenters. The van der Waals surface area contributed by atoms with Gasteiger partial charge in [0.05, 0.1) is 12.4 Å². The van der Waals surface area contributed by atoms with Crippen LogP contribution in [0.3, 0.4) is 0 Å². The molecule has 24 heavy (non-hydrogen) atoms. The normalized spacial score (nSPS) is 18.2. The zero-order chi connectivity index (χ0) is 17.2. The number of methoxy groups -OCH3 is 1. The topological polar surface area (TPSA) is 85.9 Å². The molecule has 8 heteroatoms. The first-order valence-electron chi connectivity index (χ1n) is 8.18. The van der Waals surface area contributed by atoms with E-state index in [-0.39, 0.29) is 11.3 Å². The van der Waals surface area contributed by atoms with E-state index in [0.717, 1.165) is 24.2 Å². The third-order valence-corrected chi connectivity index (χ3v) is 6.06. The molecule has 0 bridgehead atoms. The fraction of sp³-hybridized carbons (Fsp3) is 0.625. The third-order valence-electron chi connectivity index (χ3n) is 4.14. The first-order valence-corrected chi connectivity index (χ1v) is 9.72. The van der Waals surface area contributed by atoms with Gasteiger partial charge in [-0.2, -0.15) is 0 Å². The van der Waals surface area contributed by atoms with Crippen LogP contribution in [0.5, 0.6) is 17.2 Å². The average Bonchev–Trinajstić information content (AvgIpc) is 3.43. The van der Waals surface area contributed by atoms with Gasteiger partial charge in [-0.1, -0.05) is 0 Å². The standard InChI is InChI=1S/C16H24N2O5S/c1-11(9-18-24(19,20)13-3-4-13)17-10-12-7-15-16(8-14(12)21-2)23-6-5-22-15/h7-8,11,13,17-18H,3-6,9-10H2,1-2H3. The van der Waals surface area contributed by atoms with Gasteiger partial charge in [0.2, 0.25) is 10.0 Å². The largest absolute Gasteiger partial charge is 0.496 e. The number of hydrogen-bond acceptors (Lipinski definition) is 6. The summed E-state index contributed by atoms with van der Waals surface area (Å²) in [5.41, 5.74) is 0.943. The summed E-state index contributed by atoms with van der Waals surface area (Å²) in [7, 11) is -1.53. The molecule has 1 aromatic carbocycles. The summed E-state index contributed by atoms with van der Waals surface area (Å²) in [4.78, 5) is 0. The second-order valence-corrected chi connectivity index (χ2v) is 8.23. The summed E-state index contributed by atoms with van der Waals surface area (Å²) in [5, 5.41) is 3.12. The molecule has 1 unspecified atom stereocenters. The van der Waals surface area contributed by atoms with Crippen LogP contribution in [0.4, 0.5) is 0 Å². The maximum atomic E-state index is 11.8. The lowest BCUT2D eigenvalue weighted by Crippen LogP contribution is -2.39. The Kier molecular flexibility index (Phi) is 5.17. The van der Waals surface area contributed by atoms with E-state index in [0.29, 0.717) is 37.8 Å². The van der Waals surface area contributed by atoms with Crippen LogP contribution in [0.25, 0.3) is 0 Å². The van der Waals surface area contributed by atoms with Crippen LogP contribution in [-0.4, -0.2) is 46.6 Å². The van der Waals surface area contributed by atoms with Gasteiger partial charge in [-0.15, -0.1) is 0 Å². The van der Waals surface area contributed by atoms with Gasteiger partial charge in [0, 0.05) is 30.8 Å². The molecule has 0 saturated heterocycles. The second kappa shape index (κ2) is 7.16. The Bertz CT molecular complexity index is 688. The van der Waals surface area contributed by atoms with Crippen molar-refractivity contribution in [2.24, 2.45) is 0 Å². The molecule has 3 rings (SSSR count). The van der Waals surface area contributed by atoms with E-state index in [2.05, 4.69) is 10.0 Å². The molecule has 7 nitrogen and oxygen atoms in total. The van der Waals surface area contributed by atoms with Gasteiger partial charge in [0.25, 0.3) is 0 Å². The third kappa shape index (κ3) is 4.12. The van der Waals surface area contributed by atoms with Crippen molar-refractivity contribution in [1.29, 1.82) is 0 Å². The van der Waals surface area contributed by atoms with Gasteiger partial charge < -0.3 is 19.5 Å². The maximum Gasteiger partial charge on any atom is 0.214 e. The number of fused-ring (bicyclic) bond motifs is 1. The summed E-state index contributed by atoms with van der Waals surface area (Å²) in [6.45, 7) is 3.93. The van der Waals surface area contributed by atoms with Crippen LogP contribution in [0.1, 0.15) is 25.3 Å². The van der Waals surface area contributed by atoms with E-state index in [4.69, 9.17) is 14.2 Å². The summed E-state index contributed by atoms with van der Waals surface area (Å²) < 4.78 is 42.9. The molecular formula is C16H24N2O5S. The predicted octanol–water partition coefficient (Wildman–Crippen LogP) is 1.03. The molecule has 0 spiro atoms. The summed E-state index contributed by atoms with van der Waals surface area (Å²) in [6.07, 6.45) is 1.54. The Morgan fingerprint density at radius 2 is 1.92 bits per heavy atom. The zero-order valence-corrected chi connectivity index (χ0v) is 14.8. The average molecular weight is 356 g/mol. The molecular weight excluding hydrogens is 332 g/mol. The number of rotatable bonds is 8. The minimum absolute atomic E-state index is 0.00330. The molecule has 1 saturated carbocycles. The van der Waals surface area contributed by atoms with Gasteiger partial charge in [-0.05, 0) is 25.8 Å². The van der Waals surface area contributed by atoms with Crippen LogP contribution >= 0.6 is 0 Å². The minimum atomic E-state index is -3.14. The predicted molar refractivity (Wildman–Crippen MR) is 90.2 cm³/mol. The van der Waals surface area contributed by atoms with E-state index in [1.165, 1.54) is 0 Å². The van der Waals surface area contributed by atoms with Crippen molar-refractivity contribution in [2.75, 3.05) is 26.9 Å². The van der Waals surface area contributed by atoms with Crippen molar-refractivity contribution in [3.05, 3.63) is 17.7 Å². The van der Waals surface area contributed by atoms with Gasteiger partial charge in [-0.3, -0.25) is 0 Å². The first kappa shape index (κ1) is 17.3. The van der Waals surface area contributed by atoms with Crippen molar-refractivity contribution in [3.63, 3.8) is 0 Å². The van der Waals surface area contributed by atoms with E-state index < -0.39 is 10.0 Å². The molecule has 0 radical (unpaired) electrons. The van der Waals surface area contributed by atoms with Gasteiger partial charge in [0.15, 0.2) is 11.5 Å². The fourth-order valence-electron chi connectivity index (χ4n) is 2.53. The molecule has 1 aliphatic heterocycles. The maximum absolute atomic E-state index is 11.8. The Morgan fingerprint density at radius 1 is 1.25 bits per heavy atom. The molecule has 1 aliphatic carbocycles. The zero-order valence-electron chi connectivity index (χ0n) is 14.0. The van der Waals surface area contributed by atoms with E-state index in [1.54, 1.807) is 7.11 Å². The van der Waals surface area contributed by atoms with Crippen LogP contribution in [-0.2, 0) is 16.6 Å². The quantitative estimate of drug-likeness (QED) is 0.723. The summed E-state index contributed by atoms with van der Waals surface area (Å²) in [5.74, 6) is 2.12. The number of hydrogen-bond donors (Lipinski definition) is 2.